The molecule has 5 saturated carbocycles. The third kappa shape index (κ3) is 4.21. The van der Waals surface area contributed by atoms with Crippen LogP contribution in [-0.4, -0.2) is 135 Å². The van der Waals surface area contributed by atoms with Gasteiger partial charge in [-0.3, -0.25) is 14.5 Å². The summed E-state index contributed by atoms with van der Waals surface area (Å²) in [5.41, 5.74) is -4.92. The van der Waals surface area contributed by atoms with E-state index in [1.165, 1.54) is 21.0 Å². The van der Waals surface area contributed by atoms with Gasteiger partial charge in [-0.2, -0.15) is 0 Å². The molecule has 1 heterocycles. The van der Waals surface area contributed by atoms with Gasteiger partial charge >= 0.3 is 17.9 Å². The van der Waals surface area contributed by atoms with E-state index in [2.05, 4.69) is 4.90 Å². The smallest absolute Gasteiger partial charge is 0.338 e. The van der Waals surface area contributed by atoms with Gasteiger partial charge in [0.05, 0.1) is 24.4 Å². The number of carbonyl (C=O) groups is 3. The van der Waals surface area contributed by atoms with Crippen LogP contribution in [0.3, 0.4) is 0 Å². The van der Waals surface area contributed by atoms with E-state index < -0.39 is 100 Å². The molecule has 0 radical (unpaired) electrons. The fourth-order valence-electron chi connectivity index (χ4n) is 12.7. The average molecular weight is 688 g/mol. The maximum atomic E-state index is 13.8. The van der Waals surface area contributed by atoms with E-state index in [0.29, 0.717) is 19.5 Å². The second-order valence-corrected chi connectivity index (χ2v) is 15.0. The molecule has 7 rings (SSSR count). The standard InChI is InChI=1S/C36H49NO12/c1-8-37-16-33(17-43-4)22(47-18(2)38)14-23(44-5)35-21-15-34(42)30(48-32(41)20-12-10-9-11-13-20)24(21)36(49-19(3)39,29(40)31(34)46-7)25(28(35)37)26(45-6)27(33)35/h9-13,21-31,40,42H,8,14-17H2,1-7H3/t21-,22-,23+,24-,25?,26+,27-,28?,29+,30-,31+,33+,34-,35+,36-/m1/s1. The third-order valence-electron chi connectivity index (χ3n) is 13.4. The summed E-state index contributed by atoms with van der Waals surface area (Å²) in [5.74, 6) is -4.24. The Hall–Kier alpha value is -2.65. The Morgan fingerprint density at radius 1 is 0.918 bits per heavy atom. The topological polar surface area (TPSA) is 160 Å². The summed E-state index contributed by atoms with van der Waals surface area (Å²) in [6.45, 7) is 5.99. The number of benzene rings is 1. The molecule has 6 fully saturated rings. The van der Waals surface area contributed by atoms with Gasteiger partial charge in [0.15, 0.2) is 5.60 Å². The first-order valence-corrected chi connectivity index (χ1v) is 17.2. The number of aliphatic hydroxyl groups excluding tert-OH is 1. The van der Waals surface area contributed by atoms with Crippen LogP contribution in [0, 0.1) is 34.5 Å². The zero-order valence-corrected chi connectivity index (χ0v) is 29.2. The van der Waals surface area contributed by atoms with Gasteiger partial charge in [0.2, 0.25) is 0 Å². The Kier molecular flexibility index (Phi) is 8.49. The maximum Gasteiger partial charge on any atom is 0.338 e. The van der Waals surface area contributed by atoms with Crippen molar-refractivity contribution in [2.24, 2.45) is 34.5 Å². The van der Waals surface area contributed by atoms with Gasteiger partial charge < -0.3 is 43.4 Å². The number of hydrogen-bond donors (Lipinski definition) is 2. The monoisotopic (exact) mass is 687 g/mol. The van der Waals surface area contributed by atoms with E-state index in [-0.39, 0.29) is 24.6 Å². The van der Waals surface area contributed by atoms with Gasteiger partial charge in [0, 0.05) is 89.9 Å². The number of hydrogen-bond acceptors (Lipinski definition) is 13. The molecule has 1 aromatic carbocycles. The molecule has 13 heteroatoms. The van der Waals surface area contributed by atoms with Gasteiger partial charge in [-0.25, -0.2) is 4.79 Å². The molecule has 13 nitrogen and oxygen atoms in total. The molecule has 1 saturated heterocycles. The lowest BCUT2D eigenvalue weighted by atomic mass is 9.42. The fraction of sp³-hybridized carbons (Fsp3) is 0.750. The van der Waals surface area contributed by atoms with Crippen molar-refractivity contribution in [2.75, 3.05) is 48.1 Å². The van der Waals surface area contributed by atoms with Gasteiger partial charge in [-0.1, -0.05) is 25.1 Å². The third-order valence-corrected chi connectivity index (χ3v) is 13.4. The normalized spacial score (nSPS) is 47.4. The lowest BCUT2D eigenvalue weighted by Crippen LogP contribution is -2.81. The SMILES string of the molecule is CCN1C[C@@]2(COC)[C@H]3[C@@H](OC)C4C1[C@]3([C@@H](OC)C[C@H]2OC(C)=O)[C@@H]1C[C@@]2(O)[C@H](OC(=O)c3ccccc3)[C@@H]1[C@]4(OC(C)=O)[C@@H](O)[C@@H]2OC. The summed E-state index contributed by atoms with van der Waals surface area (Å²) >= 11 is 0. The zero-order valence-electron chi connectivity index (χ0n) is 29.2. The van der Waals surface area contributed by atoms with Crippen LogP contribution < -0.4 is 0 Å². The number of nitrogens with zero attached hydrogens (tertiary/aromatic N) is 1. The highest BCUT2D eigenvalue weighted by molar-refractivity contribution is 5.89. The molecule has 1 aromatic rings. The highest BCUT2D eigenvalue weighted by Gasteiger charge is 2.92. The Labute approximate surface area is 286 Å². The highest BCUT2D eigenvalue weighted by Crippen LogP contribution is 2.80. The predicted molar refractivity (Wildman–Crippen MR) is 170 cm³/mol. The number of methoxy groups -OCH3 is 4. The second-order valence-electron chi connectivity index (χ2n) is 15.0. The Morgan fingerprint density at radius 3 is 2.20 bits per heavy atom. The fourth-order valence-corrected chi connectivity index (χ4v) is 12.7. The molecule has 6 aliphatic rings. The molecule has 0 aromatic heterocycles. The van der Waals surface area contributed by atoms with Crippen molar-refractivity contribution < 1.29 is 57.8 Å². The van der Waals surface area contributed by atoms with Gasteiger partial charge in [-0.15, -0.1) is 0 Å². The van der Waals surface area contributed by atoms with Crippen molar-refractivity contribution in [1.29, 1.82) is 0 Å². The number of fused-ring (bicyclic) bond motifs is 2. The molecule has 2 N–H and O–H groups in total. The van der Waals surface area contributed by atoms with Crippen molar-refractivity contribution in [3.05, 3.63) is 35.9 Å². The largest absolute Gasteiger partial charge is 0.462 e. The first kappa shape index (κ1) is 34.8. The number of ether oxygens (including phenoxy) is 7. The summed E-state index contributed by atoms with van der Waals surface area (Å²) in [5, 5.41) is 25.5. The molecule has 15 atom stereocenters. The highest BCUT2D eigenvalue weighted by atomic mass is 16.6. The molecule has 2 unspecified atom stereocenters. The second kappa shape index (κ2) is 12.0. The number of carbonyl (C=O) groups excluding carboxylic acids is 3. The minimum Gasteiger partial charge on any atom is -0.462 e. The molecule has 1 aliphatic heterocycles. The number of aliphatic hydroxyl groups is 2. The van der Waals surface area contributed by atoms with E-state index in [1.807, 2.05) is 6.92 Å². The van der Waals surface area contributed by atoms with Crippen LogP contribution in [0.1, 0.15) is 44.0 Å². The lowest BCUT2D eigenvalue weighted by Gasteiger charge is -2.70. The quantitative estimate of drug-likeness (QED) is 0.267. The summed E-state index contributed by atoms with van der Waals surface area (Å²) in [6, 6.07) is 8.12. The van der Waals surface area contributed by atoms with E-state index >= 15 is 0 Å². The number of piperidine rings is 1. The number of rotatable bonds is 10. The number of esters is 3. The molecule has 7 bridgehead atoms. The van der Waals surface area contributed by atoms with Crippen LogP contribution in [0.4, 0.5) is 0 Å². The molecule has 1 spiro atoms. The minimum absolute atomic E-state index is 0.0534. The minimum atomic E-state index is -1.86. The number of likely N-dealkylation sites (tertiary alicyclic amines) is 1. The van der Waals surface area contributed by atoms with Gasteiger partial charge in [0.25, 0.3) is 0 Å². The summed E-state index contributed by atoms with van der Waals surface area (Å²) in [4.78, 5) is 42.2. The van der Waals surface area contributed by atoms with Crippen LogP contribution in [0.2, 0.25) is 0 Å². The molecular weight excluding hydrogens is 638 g/mol. The molecule has 0 amide bonds. The van der Waals surface area contributed by atoms with Crippen LogP contribution in [0.25, 0.3) is 0 Å². The van der Waals surface area contributed by atoms with Crippen molar-refractivity contribution >= 4 is 17.9 Å². The average Bonchev–Trinajstić information content (AvgIpc) is 3.44. The molecule has 5 aliphatic carbocycles. The van der Waals surface area contributed by atoms with Crippen LogP contribution in [0.15, 0.2) is 30.3 Å². The van der Waals surface area contributed by atoms with Crippen molar-refractivity contribution in [3.8, 4) is 0 Å². The van der Waals surface area contributed by atoms with E-state index in [9.17, 15) is 24.6 Å². The Balaban J connectivity index is 1.53. The lowest BCUT2D eigenvalue weighted by molar-refractivity contribution is -0.322. The van der Waals surface area contributed by atoms with Crippen LogP contribution in [0.5, 0.6) is 0 Å². The first-order valence-electron chi connectivity index (χ1n) is 17.2. The Bertz CT molecular complexity index is 1480. The van der Waals surface area contributed by atoms with Crippen LogP contribution in [-0.2, 0) is 42.7 Å². The van der Waals surface area contributed by atoms with E-state index in [4.69, 9.17) is 33.2 Å². The van der Waals surface area contributed by atoms with Crippen molar-refractivity contribution in [3.63, 3.8) is 0 Å². The van der Waals surface area contributed by atoms with Crippen molar-refractivity contribution in [1.82, 2.24) is 4.90 Å². The van der Waals surface area contributed by atoms with Gasteiger partial charge in [-0.05, 0) is 31.0 Å². The van der Waals surface area contributed by atoms with Crippen molar-refractivity contribution in [2.45, 2.75) is 87.5 Å². The Morgan fingerprint density at radius 2 is 1.63 bits per heavy atom. The summed E-state index contributed by atoms with van der Waals surface area (Å²) in [6.07, 6.45) is -5.45. The van der Waals surface area contributed by atoms with E-state index in [0.717, 1.165) is 0 Å². The molecular formula is C36H49NO12. The zero-order chi connectivity index (χ0) is 35.3. The molecule has 270 valence electrons. The summed E-state index contributed by atoms with van der Waals surface area (Å²) < 4.78 is 43.9. The van der Waals surface area contributed by atoms with E-state index in [1.54, 1.807) is 51.7 Å². The summed E-state index contributed by atoms with van der Waals surface area (Å²) in [7, 11) is 6.25. The predicted octanol–water partition coefficient (Wildman–Crippen LogP) is 1.22. The van der Waals surface area contributed by atoms with Gasteiger partial charge in [0.1, 0.15) is 30.0 Å². The molecule has 49 heavy (non-hydrogen) atoms. The maximum absolute atomic E-state index is 13.8. The van der Waals surface area contributed by atoms with Crippen LogP contribution >= 0.6 is 0 Å². The first-order chi connectivity index (χ1) is 23.4.